The van der Waals surface area contributed by atoms with Crippen LogP contribution in [-0.2, 0) is 0 Å². The van der Waals surface area contributed by atoms with E-state index in [9.17, 15) is 0 Å². The lowest BCUT2D eigenvalue weighted by atomic mass is 10.1. The standard InChI is InChI=1S/C15H10BrClN2/c16-13-6-4-11(5-7-13)12-9-18-19(10-12)15-3-1-2-14(17)8-15/h1-10H. The lowest BCUT2D eigenvalue weighted by Gasteiger charge is -2.01. The zero-order valence-corrected chi connectivity index (χ0v) is 12.3. The second-order valence-electron chi connectivity index (χ2n) is 4.16. The molecule has 94 valence electrons. The number of benzene rings is 2. The molecule has 0 aliphatic rings. The minimum absolute atomic E-state index is 0.707. The van der Waals surface area contributed by atoms with E-state index in [2.05, 4.69) is 33.2 Å². The Balaban J connectivity index is 1.97. The molecule has 0 fully saturated rings. The van der Waals surface area contributed by atoms with Crippen molar-refractivity contribution in [1.29, 1.82) is 0 Å². The van der Waals surface area contributed by atoms with Crippen LogP contribution in [0, 0.1) is 0 Å². The van der Waals surface area contributed by atoms with Crippen molar-refractivity contribution in [2.24, 2.45) is 0 Å². The number of hydrogen-bond acceptors (Lipinski definition) is 1. The van der Waals surface area contributed by atoms with Crippen LogP contribution in [0.4, 0.5) is 0 Å². The third kappa shape index (κ3) is 2.72. The lowest BCUT2D eigenvalue weighted by molar-refractivity contribution is 0.881. The molecule has 0 amide bonds. The van der Waals surface area contributed by atoms with Crippen LogP contribution >= 0.6 is 27.5 Å². The fourth-order valence-corrected chi connectivity index (χ4v) is 2.32. The second kappa shape index (κ2) is 5.19. The molecule has 3 aromatic rings. The first-order valence-corrected chi connectivity index (χ1v) is 6.96. The Labute approximate surface area is 124 Å². The molecule has 0 radical (unpaired) electrons. The number of halogens is 2. The molecule has 0 aliphatic carbocycles. The van der Waals surface area contributed by atoms with E-state index in [0.717, 1.165) is 21.3 Å². The van der Waals surface area contributed by atoms with E-state index in [1.807, 2.05) is 53.5 Å². The highest BCUT2D eigenvalue weighted by Gasteiger charge is 2.03. The normalized spacial score (nSPS) is 10.6. The van der Waals surface area contributed by atoms with Gasteiger partial charge in [-0.3, -0.25) is 0 Å². The highest BCUT2D eigenvalue weighted by Crippen LogP contribution is 2.23. The van der Waals surface area contributed by atoms with Gasteiger partial charge in [0, 0.05) is 21.3 Å². The summed E-state index contributed by atoms with van der Waals surface area (Å²) in [7, 11) is 0. The van der Waals surface area contributed by atoms with Crippen LogP contribution in [0.25, 0.3) is 16.8 Å². The molecule has 2 nitrogen and oxygen atoms in total. The summed E-state index contributed by atoms with van der Waals surface area (Å²) < 4.78 is 2.89. The lowest BCUT2D eigenvalue weighted by Crippen LogP contribution is -1.92. The summed E-state index contributed by atoms with van der Waals surface area (Å²) >= 11 is 9.42. The molecular formula is C15H10BrClN2. The van der Waals surface area contributed by atoms with Gasteiger partial charge in [0.25, 0.3) is 0 Å². The van der Waals surface area contributed by atoms with Crippen molar-refractivity contribution >= 4 is 27.5 Å². The van der Waals surface area contributed by atoms with Crippen LogP contribution in [0.1, 0.15) is 0 Å². The van der Waals surface area contributed by atoms with Crippen molar-refractivity contribution in [3.05, 3.63) is 70.4 Å². The fourth-order valence-electron chi connectivity index (χ4n) is 1.87. The Hall–Kier alpha value is -1.58. The largest absolute Gasteiger partial charge is 0.240 e. The van der Waals surface area contributed by atoms with Gasteiger partial charge in [-0.25, -0.2) is 4.68 Å². The van der Waals surface area contributed by atoms with Crippen molar-refractivity contribution in [3.8, 4) is 16.8 Å². The molecule has 2 aromatic carbocycles. The maximum Gasteiger partial charge on any atom is 0.0660 e. The first kappa shape index (κ1) is 12.5. The van der Waals surface area contributed by atoms with Crippen molar-refractivity contribution in [2.45, 2.75) is 0 Å². The third-order valence-electron chi connectivity index (χ3n) is 2.83. The smallest absolute Gasteiger partial charge is 0.0660 e. The molecule has 0 spiro atoms. The molecular weight excluding hydrogens is 324 g/mol. The van der Waals surface area contributed by atoms with Crippen LogP contribution in [0.2, 0.25) is 5.02 Å². The van der Waals surface area contributed by atoms with E-state index in [4.69, 9.17) is 11.6 Å². The Morgan fingerprint density at radius 2 is 1.79 bits per heavy atom. The number of hydrogen-bond donors (Lipinski definition) is 0. The van der Waals surface area contributed by atoms with Crippen LogP contribution in [-0.4, -0.2) is 9.78 Å². The molecule has 1 aromatic heterocycles. The van der Waals surface area contributed by atoms with E-state index in [-0.39, 0.29) is 0 Å². The van der Waals surface area contributed by atoms with Crippen LogP contribution in [0.3, 0.4) is 0 Å². The third-order valence-corrected chi connectivity index (χ3v) is 3.60. The number of aromatic nitrogens is 2. The van der Waals surface area contributed by atoms with Gasteiger partial charge in [-0.1, -0.05) is 45.7 Å². The first-order valence-electron chi connectivity index (χ1n) is 5.79. The first-order chi connectivity index (χ1) is 9.22. The van der Waals surface area contributed by atoms with Crippen molar-refractivity contribution in [1.82, 2.24) is 9.78 Å². The molecule has 19 heavy (non-hydrogen) atoms. The van der Waals surface area contributed by atoms with Crippen LogP contribution in [0.15, 0.2) is 65.4 Å². The van der Waals surface area contributed by atoms with E-state index in [0.29, 0.717) is 5.02 Å². The topological polar surface area (TPSA) is 17.8 Å². The molecule has 0 atom stereocenters. The zero-order chi connectivity index (χ0) is 13.2. The van der Waals surface area contributed by atoms with E-state index in [1.165, 1.54) is 0 Å². The summed E-state index contributed by atoms with van der Waals surface area (Å²) in [6.45, 7) is 0. The predicted octanol–water partition coefficient (Wildman–Crippen LogP) is 4.96. The second-order valence-corrected chi connectivity index (χ2v) is 5.51. The molecule has 0 N–H and O–H groups in total. The average Bonchev–Trinajstić information content (AvgIpc) is 2.89. The van der Waals surface area contributed by atoms with Crippen molar-refractivity contribution in [2.75, 3.05) is 0 Å². The summed E-state index contributed by atoms with van der Waals surface area (Å²) in [6.07, 6.45) is 3.85. The van der Waals surface area contributed by atoms with Gasteiger partial charge in [0.05, 0.1) is 11.9 Å². The Bertz CT molecular complexity index is 704. The van der Waals surface area contributed by atoms with Gasteiger partial charge in [0.1, 0.15) is 0 Å². The van der Waals surface area contributed by atoms with Gasteiger partial charge in [-0.2, -0.15) is 5.10 Å². The zero-order valence-electron chi connectivity index (χ0n) is 9.92. The highest BCUT2D eigenvalue weighted by molar-refractivity contribution is 9.10. The maximum absolute atomic E-state index is 5.99. The SMILES string of the molecule is Clc1cccc(-n2cc(-c3ccc(Br)cc3)cn2)c1. The van der Waals surface area contributed by atoms with E-state index >= 15 is 0 Å². The Morgan fingerprint density at radius 3 is 2.53 bits per heavy atom. The molecule has 0 aliphatic heterocycles. The summed E-state index contributed by atoms with van der Waals surface area (Å²) in [5.74, 6) is 0. The van der Waals surface area contributed by atoms with Gasteiger partial charge in [0.2, 0.25) is 0 Å². The van der Waals surface area contributed by atoms with Crippen molar-refractivity contribution in [3.63, 3.8) is 0 Å². The fraction of sp³-hybridized carbons (Fsp3) is 0. The monoisotopic (exact) mass is 332 g/mol. The Kier molecular flexibility index (Phi) is 3.40. The summed E-state index contributed by atoms with van der Waals surface area (Å²) in [4.78, 5) is 0. The quantitative estimate of drug-likeness (QED) is 0.648. The Morgan fingerprint density at radius 1 is 1.00 bits per heavy atom. The van der Waals surface area contributed by atoms with Gasteiger partial charge in [0.15, 0.2) is 0 Å². The molecule has 4 heteroatoms. The average molecular weight is 334 g/mol. The minimum atomic E-state index is 0.707. The maximum atomic E-state index is 5.99. The highest BCUT2D eigenvalue weighted by atomic mass is 79.9. The van der Waals surface area contributed by atoms with Gasteiger partial charge in [-0.05, 0) is 35.9 Å². The van der Waals surface area contributed by atoms with Crippen molar-refractivity contribution < 1.29 is 0 Å². The summed E-state index contributed by atoms with van der Waals surface area (Å²) in [5.41, 5.74) is 3.17. The molecule has 0 saturated heterocycles. The van der Waals surface area contributed by atoms with Crippen LogP contribution < -0.4 is 0 Å². The van der Waals surface area contributed by atoms with E-state index in [1.54, 1.807) is 0 Å². The van der Waals surface area contributed by atoms with Gasteiger partial charge < -0.3 is 0 Å². The summed E-state index contributed by atoms with van der Waals surface area (Å²) in [6, 6.07) is 15.8. The molecule has 1 heterocycles. The van der Waals surface area contributed by atoms with E-state index < -0.39 is 0 Å². The minimum Gasteiger partial charge on any atom is -0.240 e. The number of nitrogens with zero attached hydrogens (tertiary/aromatic N) is 2. The van der Waals surface area contributed by atoms with Gasteiger partial charge >= 0.3 is 0 Å². The number of rotatable bonds is 2. The molecule has 0 unspecified atom stereocenters. The molecule has 0 saturated carbocycles. The molecule has 0 bridgehead atoms. The van der Waals surface area contributed by atoms with Crippen LogP contribution in [0.5, 0.6) is 0 Å². The summed E-state index contributed by atoms with van der Waals surface area (Å²) in [5, 5.41) is 5.08. The molecule has 3 rings (SSSR count). The predicted molar refractivity (Wildman–Crippen MR) is 81.7 cm³/mol. The van der Waals surface area contributed by atoms with Gasteiger partial charge in [-0.15, -0.1) is 0 Å².